The van der Waals surface area contributed by atoms with Crippen LogP contribution >= 0.6 is 0 Å². The van der Waals surface area contributed by atoms with Crippen LogP contribution in [-0.2, 0) is 4.79 Å². The molecule has 1 aromatic heterocycles. The van der Waals surface area contributed by atoms with E-state index in [1.165, 1.54) is 6.92 Å². The highest BCUT2D eigenvalue weighted by Gasteiger charge is 2.41. The fourth-order valence-corrected chi connectivity index (χ4v) is 2.71. The van der Waals surface area contributed by atoms with Crippen molar-refractivity contribution in [3.63, 3.8) is 0 Å². The molecule has 0 unspecified atom stereocenters. The van der Waals surface area contributed by atoms with E-state index in [1.807, 2.05) is 25.8 Å². The number of rotatable bonds is 1. The van der Waals surface area contributed by atoms with Crippen LogP contribution in [0.25, 0.3) is 0 Å². The zero-order valence-corrected chi connectivity index (χ0v) is 10.9. The van der Waals surface area contributed by atoms with Gasteiger partial charge in [-0.15, -0.1) is 0 Å². The Bertz CT molecular complexity index is 519. The van der Waals surface area contributed by atoms with Crippen molar-refractivity contribution in [1.82, 2.24) is 4.98 Å². The maximum atomic E-state index is 11.9. The zero-order valence-electron chi connectivity index (χ0n) is 10.9. The Morgan fingerprint density at radius 2 is 2.06 bits per heavy atom. The van der Waals surface area contributed by atoms with Crippen LogP contribution in [0.1, 0.15) is 31.3 Å². The van der Waals surface area contributed by atoms with Crippen LogP contribution in [-0.4, -0.2) is 41.1 Å². The van der Waals surface area contributed by atoms with E-state index in [0.29, 0.717) is 12.2 Å². The number of aromatic nitrogens is 1. The maximum absolute atomic E-state index is 11.9. The summed E-state index contributed by atoms with van der Waals surface area (Å²) in [7, 11) is 1.89. The molecule has 2 N–H and O–H groups in total. The fraction of sp³-hybridized carbons (Fsp3) is 0.500. The third-order valence-corrected chi connectivity index (χ3v) is 3.23. The number of hydrogen-bond acceptors (Lipinski definition) is 3. The molecule has 0 spiro atoms. The normalized spacial score (nSPS) is 17.6. The van der Waals surface area contributed by atoms with Gasteiger partial charge in [-0.1, -0.05) is 0 Å². The van der Waals surface area contributed by atoms with Gasteiger partial charge in [0.15, 0.2) is 5.69 Å². The molecule has 0 atom stereocenters. The van der Waals surface area contributed by atoms with Crippen molar-refractivity contribution < 1.29 is 14.7 Å². The van der Waals surface area contributed by atoms with Gasteiger partial charge in [0.2, 0.25) is 5.91 Å². The van der Waals surface area contributed by atoms with Crippen LogP contribution in [0.4, 0.5) is 11.4 Å². The number of anilines is 2. The fourth-order valence-electron chi connectivity index (χ4n) is 2.71. The van der Waals surface area contributed by atoms with Gasteiger partial charge in [0.1, 0.15) is 5.69 Å². The standard InChI is InChI=1S/C12H17N3O3/c1-7(16)15-10-8(5-13-9(10)11(17)18)14(4)6-12(15,2)3/h5,13H,6H2,1-4H3,(H,17,18). The molecule has 0 radical (unpaired) electrons. The van der Waals surface area contributed by atoms with Crippen LogP contribution < -0.4 is 9.80 Å². The average molecular weight is 251 g/mol. The largest absolute Gasteiger partial charge is 0.477 e. The second kappa shape index (κ2) is 3.76. The summed E-state index contributed by atoms with van der Waals surface area (Å²) in [4.78, 5) is 29.3. The van der Waals surface area contributed by atoms with Gasteiger partial charge >= 0.3 is 5.97 Å². The van der Waals surface area contributed by atoms with Crippen molar-refractivity contribution in [3.8, 4) is 0 Å². The van der Waals surface area contributed by atoms with E-state index < -0.39 is 11.5 Å². The molecule has 1 aliphatic heterocycles. The van der Waals surface area contributed by atoms with E-state index in [9.17, 15) is 14.7 Å². The first-order valence-electron chi connectivity index (χ1n) is 5.72. The molecule has 0 fully saturated rings. The van der Waals surface area contributed by atoms with E-state index in [1.54, 1.807) is 11.1 Å². The maximum Gasteiger partial charge on any atom is 0.354 e. The van der Waals surface area contributed by atoms with Crippen molar-refractivity contribution in [2.24, 2.45) is 0 Å². The Morgan fingerprint density at radius 3 is 2.56 bits per heavy atom. The number of carbonyl (C=O) groups excluding carboxylic acids is 1. The minimum absolute atomic E-state index is 0.0554. The summed E-state index contributed by atoms with van der Waals surface area (Å²) in [6.07, 6.45) is 1.63. The van der Waals surface area contributed by atoms with Crippen molar-refractivity contribution >= 4 is 23.3 Å². The SMILES string of the molecule is CC(=O)N1c2c(c[nH]c2C(=O)O)N(C)CC1(C)C. The van der Waals surface area contributed by atoms with Gasteiger partial charge in [0.05, 0.1) is 11.2 Å². The van der Waals surface area contributed by atoms with E-state index in [4.69, 9.17) is 0 Å². The van der Waals surface area contributed by atoms with Gasteiger partial charge in [-0.05, 0) is 13.8 Å². The number of hydrogen-bond donors (Lipinski definition) is 2. The summed E-state index contributed by atoms with van der Waals surface area (Å²) < 4.78 is 0. The molecule has 2 rings (SSSR count). The Balaban J connectivity index is 2.68. The zero-order chi connectivity index (χ0) is 13.7. The molecule has 0 saturated heterocycles. The second-order valence-electron chi connectivity index (χ2n) is 5.23. The molecule has 1 aliphatic rings. The van der Waals surface area contributed by atoms with Crippen molar-refractivity contribution in [3.05, 3.63) is 11.9 Å². The number of fused-ring (bicyclic) bond motifs is 1. The molecule has 98 valence electrons. The molecule has 1 amide bonds. The molecule has 6 nitrogen and oxygen atoms in total. The molecular formula is C12H17N3O3. The van der Waals surface area contributed by atoms with Crippen LogP contribution in [0.15, 0.2) is 6.20 Å². The summed E-state index contributed by atoms with van der Waals surface area (Å²) >= 11 is 0. The van der Waals surface area contributed by atoms with Crippen molar-refractivity contribution in [1.29, 1.82) is 0 Å². The first kappa shape index (κ1) is 12.5. The number of carboxylic acid groups (broad SMARTS) is 1. The van der Waals surface area contributed by atoms with Gasteiger partial charge in [0.25, 0.3) is 0 Å². The number of likely N-dealkylation sites (N-methyl/N-ethyl adjacent to an activating group) is 1. The topological polar surface area (TPSA) is 76.6 Å². The van der Waals surface area contributed by atoms with E-state index >= 15 is 0 Å². The quantitative estimate of drug-likeness (QED) is 0.788. The van der Waals surface area contributed by atoms with Gasteiger partial charge < -0.3 is 19.9 Å². The average Bonchev–Trinajstić information content (AvgIpc) is 2.59. The molecule has 0 aromatic carbocycles. The Kier molecular flexibility index (Phi) is 2.61. The lowest BCUT2D eigenvalue weighted by Gasteiger charge is -2.46. The Morgan fingerprint density at radius 1 is 1.44 bits per heavy atom. The lowest BCUT2D eigenvalue weighted by molar-refractivity contribution is -0.117. The summed E-state index contributed by atoms with van der Waals surface area (Å²) in [5.74, 6) is -1.22. The highest BCUT2D eigenvalue weighted by atomic mass is 16.4. The van der Waals surface area contributed by atoms with E-state index in [0.717, 1.165) is 5.69 Å². The molecule has 0 bridgehead atoms. The molecule has 6 heteroatoms. The molecule has 0 aliphatic carbocycles. The van der Waals surface area contributed by atoms with Gasteiger partial charge in [-0.25, -0.2) is 4.79 Å². The molecule has 0 saturated carbocycles. The van der Waals surface area contributed by atoms with Crippen molar-refractivity contribution in [2.45, 2.75) is 26.3 Å². The molecule has 1 aromatic rings. The third-order valence-electron chi connectivity index (χ3n) is 3.23. The molecular weight excluding hydrogens is 234 g/mol. The summed E-state index contributed by atoms with van der Waals surface area (Å²) in [5.41, 5.74) is 0.801. The smallest absolute Gasteiger partial charge is 0.354 e. The predicted molar refractivity (Wildman–Crippen MR) is 68.3 cm³/mol. The Hall–Kier alpha value is -1.98. The third kappa shape index (κ3) is 1.64. The second-order valence-corrected chi connectivity index (χ2v) is 5.23. The summed E-state index contributed by atoms with van der Waals surface area (Å²) in [5, 5.41) is 9.20. The number of H-pyrrole nitrogens is 1. The lowest BCUT2D eigenvalue weighted by Crippen LogP contribution is -2.57. The van der Waals surface area contributed by atoms with Gasteiger partial charge in [-0.3, -0.25) is 4.79 Å². The van der Waals surface area contributed by atoms with Crippen LogP contribution in [0.2, 0.25) is 0 Å². The number of aromatic carboxylic acids is 1. The minimum atomic E-state index is -1.06. The number of amides is 1. The van der Waals surface area contributed by atoms with Gasteiger partial charge in [0, 0.05) is 26.7 Å². The highest BCUT2D eigenvalue weighted by molar-refractivity contribution is 6.06. The molecule has 18 heavy (non-hydrogen) atoms. The monoisotopic (exact) mass is 251 g/mol. The number of carboxylic acids is 1. The van der Waals surface area contributed by atoms with E-state index in [-0.39, 0.29) is 11.6 Å². The molecule has 2 heterocycles. The lowest BCUT2D eigenvalue weighted by atomic mass is 9.97. The minimum Gasteiger partial charge on any atom is -0.477 e. The van der Waals surface area contributed by atoms with Crippen LogP contribution in [0.5, 0.6) is 0 Å². The number of nitrogens with one attached hydrogen (secondary N) is 1. The highest BCUT2D eigenvalue weighted by Crippen LogP contribution is 2.41. The summed E-state index contributed by atoms with van der Waals surface area (Å²) in [6.45, 7) is 5.95. The van der Waals surface area contributed by atoms with Crippen LogP contribution in [0.3, 0.4) is 0 Å². The number of carbonyl (C=O) groups is 2. The van der Waals surface area contributed by atoms with E-state index in [2.05, 4.69) is 4.98 Å². The number of nitrogens with zero attached hydrogens (tertiary/aromatic N) is 2. The summed E-state index contributed by atoms with van der Waals surface area (Å²) in [6, 6.07) is 0. The van der Waals surface area contributed by atoms with Crippen LogP contribution in [0, 0.1) is 0 Å². The van der Waals surface area contributed by atoms with Gasteiger partial charge in [-0.2, -0.15) is 0 Å². The number of aromatic amines is 1. The first-order chi connectivity index (χ1) is 8.25. The predicted octanol–water partition coefficient (Wildman–Crippen LogP) is 1.29. The Labute approximate surface area is 105 Å². The van der Waals surface area contributed by atoms with Crippen molar-refractivity contribution in [2.75, 3.05) is 23.4 Å². The first-order valence-corrected chi connectivity index (χ1v) is 5.72.